The van der Waals surface area contributed by atoms with Gasteiger partial charge in [0.1, 0.15) is 11.5 Å². The molecule has 0 saturated carbocycles. The molecule has 2 aromatic heterocycles. The number of imidazole rings is 1. The van der Waals surface area contributed by atoms with Crippen LogP contribution in [-0.4, -0.2) is 27.6 Å². The van der Waals surface area contributed by atoms with Crippen LogP contribution in [0.15, 0.2) is 66.0 Å². The summed E-state index contributed by atoms with van der Waals surface area (Å²) in [5.74, 6) is 1.20. The molecule has 1 atom stereocenters. The van der Waals surface area contributed by atoms with Gasteiger partial charge in [0.2, 0.25) is 5.96 Å². The first-order valence-corrected chi connectivity index (χ1v) is 10.0. The minimum atomic E-state index is -1.18. The Morgan fingerprint density at radius 2 is 1.97 bits per heavy atom. The fourth-order valence-corrected chi connectivity index (χ4v) is 4.57. The maximum Gasteiger partial charge on any atom is 0.202 e. The number of halogens is 1. The molecule has 4 heterocycles. The quantitative estimate of drug-likeness (QED) is 0.523. The zero-order valence-electron chi connectivity index (χ0n) is 17.3. The fourth-order valence-electron chi connectivity index (χ4n) is 4.57. The van der Waals surface area contributed by atoms with Gasteiger partial charge in [0.25, 0.3) is 0 Å². The van der Waals surface area contributed by atoms with Crippen molar-refractivity contribution in [1.29, 1.82) is 0 Å². The van der Waals surface area contributed by atoms with Crippen molar-refractivity contribution >= 4 is 5.96 Å². The summed E-state index contributed by atoms with van der Waals surface area (Å²) in [6, 6.07) is 12.6. The van der Waals surface area contributed by atoms with E-state index in [1.807, 2.05) is 37.3 Å². The van der Waals surface area contributed by atoms with E-state index in [1.54, 1.807) is 29.2 Å². The number of benzene rings is 2. The van der Waals surface area contributed by atoms with Crippen LogP contribution in [-0.2, 0) is 5.54 Å². The molecule has 0 bridgehead atoms. The molecule has 2 N–H and O–H groups in total. The molecule has 0 amide bonds. The van der Waals surface area contributed by atoms with E-state index in [9.17, 15) is 0 Å². The van der Waals surface area contributed by atoms with Gasteiger partial charge in [0.05, 0.1) is 7.11 Å². The topological polar surface area (TPSA) is 87.6 Å². The standard InChI is InChI=1S/C24H18FN5O2/c1-13-16(4-3-7-27-13)14-5-6-20-17(10-14)24(22-28-8-9-30(22)23(26)29-24)18-11-15(31-2)12-19(25)21(18)32-20/h3-12H,1-2H3,(H2,26,29). The molecule has 2 aliphatic rings. The average molecular weight is 427 g/mol. The molecule has 1 spiro atoms. The van der Waals surface area contributed by atoms with Gasteiger partial charge in [-0.25, -0.2) is 14.4 Å². The number of hydrogen-bond donors (Lipinski definition) is 1. The molecule has 2 aromatic carbocycles. The van der Waals surface area contributed by atoms with E-state index in [1.165, 1.54) is 13.2 Å². The van der Waals surface area contributed by atoms with Crippen LogP contribution in [0.3, 0.4) is 0 Å². The molecule has 0 fully saturated rings. The zero-order valence-corrected chi connectivity index (χ0v) is 17.3. The number of ether oxygens (including phenoxy) is 2. The van der Waals surface area contributed by atoms with Gasteiger partial charge in [-0.1, -0.05) is 12.1 Å². The lowest BCUT2D eigenvalue weighted by Gasteiger charge is -2.34. The Labute approximate surface area is 183 Å². The Morgan fingerprint density at radius 1 is 1.09 bits per heavy atom. The van der Waals surface area contributed by atoms with E-state index in [2.05, 4.69) is 9.97 Å². The first-order chi connectivity index (χ1) is 15.5. The zero-order chi connectivity index (χ0) is 22.0. The van der Waals surface area contributed by atoms with E-state index in [4.69, 9.17) is 20.2 Å². The van der Waals surface area contributed by atoms with Crippen molar-refractivity contribution in [2.24, 2.45) is 10.7 Å². The van der Waals surface area contributed by atoms with Crippen molar-refractivity contribution in [2.45, 2.75) is 12.5 Å². The van der Waals surface area contributed by atoms with Crippen molar-refractivity contribution in [1.82, 2.24) is 14.5 Å². The number of aromatic nitrogens is 3. The van der Waals surface area contributed by atoms with Crippen LogP contribution in [0.1, 0.15) is 22.6 Å². The minimum absolute atomic E-state index is 0.0802. The first-order valence-electron chi connectivity index (χ1n) is 10.0. The molecular weight excluding hydrogens is 409 g/mol. The van der Waals surface area contributed by atoms with E-state index in [0.29, 0.717) is 28.5 Å². The second-order valence-electron chi connectivity index (χ2n) is 7.74. The summed E-state index contributed by atoms with van der Waals surface area (Å²) < 4.78 is 28.2. The maximum absolute atomic E-state index is 15.1. The summed E-state index contributed by atoms with van der Waals surface area (Å²) in [6.07, 6.45) is 5.15. The average Bonchev–Trinajstić information content (AvgIpc) is 3.39. The Balaban J connectivity index is 1.70. The minimum Gasteiger partial charge on any atom is -0.497 e. The van der Waals surface area contributed by atoms with Crippen LogP contribution in [0.4, 0.5) is 4.39 Å². The van der Waals surface area contributed by atoms with Crippen molar-refractivity contribution < 1.29 is 13.9 Å². The Kier molecular flexibility index (Phi) is 3.71. The Hall–Kier alpha value is -4.20. The highest BCUT2D eigenvalue weighted by Gasteiger charge is 2.51. The number of methoxy groups -OCH3 is 1. The van der Waals surface area contributed by atoms with Gasteiger partial charge in [-0.2, -0.15) is 0 Å². The second kappa shape index (κ2) is 6.40. The molecule has 6 rings (SSSR count). The molecule has 158 valence electrons. The molecular formula is C24H18FN5O2. The molecule has 0 radical (unpaired) electrons. The SMILES string of the molecule is COc1cc(F)c2c(c1)C1(N=C(N)n3ccnc31)c1cc(-c3cccnc3C)ccc1O2. The van der Waals surface area contributed by atoms with Crippen LogP contribution in [0.5, 0.6) is 17.2 Å². The smallest absolute Gasteiger partial charge is 0.202 e. The van der Waals surface area contributed by atoms with Gasteiger partial charge in [0.15, 0.2) is 22.9 Å². The number of nitrogens with zero attached hydrogens (tertiary/aromatic N) is 4. The van der Waals surface area contributed by atoms with Crippen molar-refractivity contribution in [3.05, 3.63) is 89.5 Å². The second-order valence-corrected chi connectivity index (χ2v) is 7.74. The van der Waals surface area contributed by atoms with Crippen LogP contribution < -0.4 is 15.2 Å². The number of rotatable bonds is 2. The van der Waals surface area contributed by atoms with Crippen molar-refractivity contribution in [2.75, 3.05) is 7.11 Å². The number of aliphatic imine (C=N–C) groups is 1. The Bertz CT molecular complexity index is 1440. The highest BCUT2D eigenvalue weighted by Crippen LogP contribution is 2.55. The molecule has 1 unspecified atom stereocenters. The molecule has 8 heteroatoms. The monoisotopic (exact) mass is 427 g/mol. The van der Waals surface area contributed by atoms with Crippen molar-refractivity contribution in [3.63, 3.8) is 0 Å². The molecule has 4 aromatic rings. The highest BCUT2D eigenvalue weighted by molar-refractivity contribution is 5.87. The van der Waals surface area contributed by atoms with Crippen LogP contribution in [0.25, 0.3) is 11.1 Å². The lowest BCUT2D eigenvalue weighted by molar-refractivity contribution is 0.376. The maximum atomic E-state index is 15.1. The van der Waals surface area contributed by atoms with Gasteiger partial charge >= 0.3 is 0 Å². The van der Waals surface area contributed by atoms with Crippen LogP contribution >= 0.6 is 0 Å². The van der Waals surface area contributed by atoms with E-state index in [-0.39, 0.29) is 11.7 Å². The van der Waals surface area contributed by atoms with Crippen molar-refractivity contribution in [3.8, 4) is 28.4 Å². The van der Waals surface area contributed by atoms with Crippen LogP contribution in [0, 0.1) is 12.7 Å². The number of fused-ring (bicyclic) bond motifs is 6. The summed E-state index contributed by atoms with van der Waals surface area (Å²) in [6.45, 7) is 1.95. The first kappa shape index (κ1) is 18.6. The number of pyridine rings is 1. The summed E-state index contributed by atoms with van der Waals surface area (Å²) in [5, 5.41) is 0. The predicted molar refractivity (Wildman–Crippen MR) is 117 cm³/mol. The molecule has 7 nitrogen and oxygen atoms in total. The number of aryl methyl sites for hydroxylation is 1. The summed E-state index contributed by atoms with van der Waals surface area (Å²) in [7, 11) is 1.49. The predicted octanol–water partition coefficient (Wildman–Crippen LogP) is 3.98. The van der Waals surface area contributed by atoms with Gasteiger partial charge in [0, 0.05) is 47.0 Å². The van der Waals surface area contributed by atoms with Gasteiger partial charge in [-0.05, 0) is 36.8 Å². The third-order valence-corrected chi connectivity index (χ3v) is 6.04. The lowest BCUT2D eigenvalue weighted by Crippen LogP contribution is -2.31. The van der Waals surface area contributed by atoms with Gasteiger partial charge in [-0.3, -0.25) is 9.55 Å². The van der Waals surface area contributed by atoms with E-state index < -0.39 is 11.4 Å². The Morgan fingerprint density at radius 3 is 2.78 bits per heavy atom. The highest BCUT2D eigenvalue weighted by atomic mass is 19.1. The molecule has 32 heavy (non-hydrogen) atoms. The van der Waals surface area contributed by atoms with Gasteiger partial charge in [-0.15, -0.1) is 0 Å². The molecule has 2 aliphatic heterocycles. The largest absolute Gasteiger partial charge is 0.497 e. The van der Waals surface area contributed by atoms with E-state index >= 15 is 4.39 Å². The number of nitrogens with two attached hydrogens (primary N) is 1. The third-order valence-electron chi connectivity index (χ3n) is 6.04. The van der Waals surface area contributed by atoms with Gasteiger partial charge < -0.3 is 15.2 Å². The lowest BCUT2D eigenvalue weighted by atomic mass is 9.79. The van der Waals surface area contributed by atoms with Crippen LogP contribution in [0.2, 0.25) is 0 Å². The third kappa shape index (κ3) is 2.31. The molecule has 0 saturated heterocycles. The summed E-state index contributed by atoms with van der Waals surface area (Å²) in [4.78, 5) is 13.8. The summed E-state index contributed by atoms with van der Waals surface area (Å²) >= 11 is 0. The fraction of sp³-hybridized carbons (Fsp3) is 0.125. The number of hydrogen-bond acceptors (Lipinski definition) is 6. The normalized spacial score (nSPS) is 17.9. The molecule has 0 aliphatic carbocycles. The summed E-state index contributed by atoms with van der Waals surface area (Å²) in [5.41, 5.74) is 9.10. The van der Waals surface area contributed by atoms with E-state index in [0.717, 1.165) is 16.8 Å².